The summed E-state index contributed by atoms with van der Waals surface area (Å²) in [5.41, 5.74) is 0. The fourth-order valence-electron chi connectivity index (χ4n) is 3.06. The number of hydrogen-bond acceptors (Lipinski definition) is 3. The Morgan fingerprint density at radius 1 is 1.25 bits per heavy atom. The number of carbonyl (C=O) groups excluding carboxylic acids is 1. The molecule has 0 bridgehead atoms. The minimum atomic E-state index is -0.194. The van der Waals surface area contributed by atoms with E-state index in [-0.39, 0.29) is 5.91 Å². The first kappa shape index (κ1) is 18.4. The van der Waals surface area contributed by atoms with Crippen LogP contribution in [0.3, 0.4) is 0 Å². The highest BCUT2D eigenvalue weighted by Gasteiger charge is 2.13. The van der Waals surface area contributed by atoms with Gasteiger partial charge in [-0.15, -0.1) is 0 Å². The summed E-state index contributed by atoms with van der Waals surface area (Å²) in [6.07, 6.45) is 9.55. The zero-order valence-corrected chi connectivity index (χ0v) is 14.6. The molecule has 0 unspecified atom stereocenters. The third kappa shape index (κ3) is 6.64. The van der Waals surface area contributed by atoms with Crippen LogP contribution >= 0.6 is 0 Å². The fourth-order valence-corrected chi connectivity index (χ4v) is 3.06. The summed E-state index contributed by atoms with van der Waals surface area (Å²) in [5, 5.41) is 9.29. The zero-order chi connectivity index (χ0) is 17.0. The van der Waals surface area contributed by atoms with Crippen LogP contribution in [0, 0.1) is 5.92 Å². The average Bonchev–Trinajstić information content (AvgIpc) is 3.28. The summed E-state index contributed by atoms with van der Waals surface area (Å²) in [6.45, 7) is 4.87. The Morgan fingerprint density at radius 3 is 2.75 bits per heavy atom. The van der Waals surface area contributed by atoms with Crippen LogP contribution in [-0.2, 0) is 0 Å². The highest BCUT2D eigenvalue weighted by atomic mass is 16.3. The quantitative estimate of drug-likeness (QED) is 0.368. The molecule has 0 saturated heterocycles. The van der Waals surface area contributed by atoms with Crippen molar-refractivity contribution in [2.45, 2.75) is 45.4 Å². The van der Waals surface area contributed by atoms with Gasteiger partial charge in [0.15, 0.2) is 11.7 Å². The monoisotopic (exact) mass is 334 g/mol. The molecule has 1 heterocycles. The van der Waals surface area contributed by atoms with Crippen molar-refractivity contribution >= 4 is 11.9 Å². The van der Waals surface area contributed by atoms with Crippen molar-refractivity contribution < 1.29 is 9.21 Å². The number of guanidine groups is 1. The largest absolute Gasteiger partial charge is 0.459 e. The first-order valence-electron chi connectivity index (χ1n) is 9.13. The van der Waals surface area contributed by atoms with E-state index in [1.165, 1.54) is 38.4 Å². The second-order valence-corrected chi connectivity index (χ2v) is 6.21. The van der Waals surface area contributed by atoms with Gasteiger partial charge in [0.25, 0.3) is 5.91 Å². The van der Waals surface area contributed by atoms with Gasteiger partial charge >= 0.3 is 0 Å². The molecule has 1 aromatic rings. The number of carbonyl (C=O) groups is 1. The summed E-state index contributed by atoms with van der Waals surface area (Å²) in [4.78, 5) is 16.3. The van der Waals surface area contributed by atoms with Gasteiger partial charge in [-0.25, -0.2) is 0 Å². The molecule has 1 aliphatic carbocycles. The maximum absolute atomic E-state index is 11.7. The maximum atomic E-state index is 11.7. The molecule has 1 aromatic heterocycles. The second-order valence-electron chi connectivity index (χ2n) is 6.21. The Morgan fingerprint density at radius 2 is 2.04 bits per heavy atom. The summed E-state index contributed by atoms with van der Waals surface area (Å²) in [5.74, 6) is 1.88. The molecule has 6 heteroatoms. The molecule has 6 nitrogen and oxygen atoms in total. The van der Waals surface area contributed by atoms with Crippen molar-refractivity contribution in [1.29, 1.82) is 0 Å². The van der Waals surface area contributed by atoms with Crippen molar-refractivity contribution in [2.75, 3.05) is 26.2 Å². The molecule has 134 valence electrons. The number of hydrogen-bond donors (Lipinski definition) is 3. The molecule has 1 fully saturated rings. The topological polar surface area (TPSA) is 78.7 Å². The summed E-state index contributed by atoms with van der Waals surface area (Å²) >= 11 is 0. The van der Waals surface area contributed by atoms with Crippen molar-refractivity contribution in [3.05, 3.63) is 24.2 Å². The zero-order valence-electron chi connectivity index (χ0n) is 14.6. The lowest BCUT2D eigenvalue weighted by molar-refractivity contribution is 0.0926. The van der Waals surface area contributed by atoms with Crippen LogP contribution in [0.1, 0.15) is 56.0 Å². The van der Waals surface area contributed by atoms with Crippen molar-refractivity contribution in [3.63, 3.8) is 0 Å². The smallest absolute Gasteiger partial charge is 0.287 e. The Kier molecular flexibility index (Phi) is 8.21. The van der Waals surface area contributed by atoms with Gasteiger partial charge in [0.2, 0.25) is 0 Å². The molecule has 0 aromatic carbocycles. The van der Waals surface area contributed by atoms with Gasteiger partial charge in [-0.05, 0) is 37.8 Å². The van der Waals surface area contributed by atoms with E-state index in [4.69, 9.17) is 4.42 Å². The third-order valence-corrected chi connectivity index (χ3v) is 4.31. The van der Waals surface area contributed by atoms with Gasteiger partial charge in [0, 0.05) is 26.2 Å². The van der Waals surface area contributed by atoms with Crippen LogP contribution in [0.5, 0.6) is 0 Å². The second kappa shape index (κ2) is 10.7. The maximum Gasteiger partial charge on any atom is 0.287 e. The molecule has 3 N–H and O–H groups in total. The number of aliphatic imine (C=N–C) groups is 1. The van der Waals surface area contributed by atoms with Crippen LogP contribution in [0.2, 0.25) is 0 Å². The predicted molar refractivity (Wildman–Crippen MR) is 96.2 cm³/mol. The van der Waals surface area contributed by atoms with Crippen LogP contribution in [-0.4, -0.2) is 38.0 Å². The number of nitrogens with one attached hydrogen (secondary N) is 3. The molecule has 0 spiro atoms. The molecular formula is C18H30N4O2. The number of nitrogens with zero attached hydrogens (tertiary/aromatic N) is 1. The summed E-state index contributed by atoms with van der Waals surface area (Å²) < 4.78 is 5.05. The van der Waals surface area contributed by atoms with E-state index in [1.54, 1.807) is 12.1 Å². The van der Waals surface area contributed by atoms with E-state index in [1.807, 2.05) is 0 Å². The molecule has 0 aliphatic heterocycles. The van der Waals surface area contributed by atoms with E-state index >= 15 is 0 Å². The van der Waals surface area contributed by atoms with Crippen LogP contribution in [0.4, 0.5) is 0 Å². The lowest BCUT2D eigenvalue weighted by atomic mass is 10.0. The number of rotatable bonds is 9. The molecule has 1 amide bonds. The molecule has 24 heavy (non-hydrogen) atoms. The van der Waals surface area contributed by atoms with E-state index < -0.39 is 0 Å². The molecule has 0 atom stereocenters. The first-order chi connectivity index (χ1) is 11.8. The van der Waals surface area contributed by atoms with E-state index in [9.17, 15) is 4.79 Å². The van der Waals surface area contributed by atoms with Gasteiger partial charge < -0.3 is 20.4 Å². The lowest BCUT2D eigenvalue weighted by Crippen LogP contribution is -2.41. The Balaban J connectivity index is 1.60. The minimum absolute atomic E-state index is 0.194. The van der Waals surface area contributed by atoms with Crippen molar-refractivity contribution in [2.24, 2.45) is 10.9 Å². The van der Waals surface area contributed by atoms with Gasteiger partial charge in [0.05, 0.1) is 6.26 Å². The Bertz CT molecular complexity index is 493. The van der Waals surface area contributed by atoms with E-state index in [2.05, 4.69) is 27.9 Å². The molecule has 0 radical (unpaired) electrons. The minimum Gasteiger partial charge on any atom is -0.459 e. The molecule has 1 aliphatic rings. The van der Waals surface area contributed by atoms with Gasteiger partial charge in [-0.1, -0.05) is 25.7 Å². The first-order valence-corrected chi connectivity index (χ1v) is 9.13. The van der Waals surface area contributed by atoms with Crippen LogP contribution in [0.15, 0.2) is 27.8 Å². The lowest BCUT2D eigenvalue weighted by Gasteiger charge is -2.12. The van der Waals surface area contributed by atoms with Crippen LogP contribution < -0.4 is 16.0 Å². The molecule has 1 saturated carbocycles. The summed E-state index contributed by atoms with van der Waals surface area (Å²) in [6, 6.07) is 3.35. The van der Waals surface area contributed by atoms with Gasteiger partial charge in [-0.2, -0.15) is 0 Å². The fraction of sp³-hybridized carbons (Fsp3) is 0.667. The summed E-state index contributed by atoms with van der Waals surface area (Å²) in [7, 11) is 0. The Hall–Kier alpha value is -1.98. The average molecular weight is 334 g/mol. The standard InChI is InChI=1S/C18H30N4O2/c1-2-19-18(21-11-5-9-15-7-3-4-8-15)22-13-12-20-17(23)16-10-6-14-24-16/h6,10,14-15H,2-5,7-9,11-13H2,1H3,(H,20,23)(H2,19,21,22). The van der Waals surface area contributed by atoms with Gasteiger partial charge in [-0.3, -0.25) is 9.79 Å². The third-order valence-electron chi connectivity index (χ3n) is 4.31. The van der Waals surface area contributed by atoms with Crippen molar-refractivity contribution in [1.82, 2.24) is 16.0 Å². The van der Waals surface area contributed by atoms with Crippen LogP contribution in [0.25, 0.3) is 0 Å². The predicted octanol–water partition coefficient (Wildman–Crippen LogP) is 2.53. The van der Waals surface area contributed by atoms with E-state index in [0.29, 0.717) is 18.8 Å². The highest BCUT2D eigenvalue weighted by Crippen LogP contribution is 2.28. The molecular weight excluding hydrogens is 304 g/mol. The van der Waals surface area contributed by atoms with Crippen molar-refractivity contribution in [3.8, 4) is 0 Å². The number of furan rings is 1. The SMILES string of the molecule is CCNC(=NCCCC1CCCC1)NCCNC(=O)c1ccco1. The number of amides is 1. The Labute approximate surface area is 144 Å². The normalized spacial score (nSPS) is 15.5. The highest BCUT2D eigenvalue weighted by molar-refractivity contribution is 5.91. The van der Waals surface area contributed by atoms with Gasteiger partial charge in [0.1, 0.15) is 0 Å². The van der Waals surface area contributed by atoms with E-state index in [0.717, 1.165) is 31.4 Å². The molecule has 2 rings (SSSR count).